The van der Waals surface area contributed by atoms with Crippen LogP contribution in [0.1, 0.15) is 63.8 Å². The summed E-state index contributed by atoms with van der Waals surface area (Å²) in [6.45, 7) is 10.1. The molecular formula is C28H37N3O3S. The molecule has 2 fully saturated rings. The van der Waals surface area contributed by atoms with Crippen molar-refractivity contribution < 1.29 is 13.2 Å². The molecule has 0 radical (unpaired) electrons. The van der Waals surface area contributed by atoms with Gasteiger partial charge in [-0.25, -0.2) is 13.4 Å². The lowest BCUT2D eigenvalue weighted by molar-refractivity contribution is 0.0611. The van der Waals surface area contributed by atoms with Gasteiger partial charge in [-0.1, -0.05) is 51.1 Å². The third kappa shape index (κ3) is 5.04. The van der Waals surface area contributed by atoms with Gasteiger partial charge in [-0.05, 0) is 61.3 Å². The molecule has 0 amide bonds. The van der Waals surface area contributed by atoms with Crippen molar-refractivity contribution in [3.8, 4) is 0 Å². The summed E-state index contributed by atoms with van der Waals surface area (Å²) in [7, 11) is -3.59. The molecule has 0 N–H and O–H groups in total. The highest BCUT2D eigenvalue weighted by atomic mass is 32.2. The third-order valence-corrected chi connectivity index (χ3v) is 9.33. The van der Waals surface area contributed by atoms with Crippen LogP contribution in [0.2, 0.25) is 0 Å². The van der Waals surface area contributed by atoms with Crippen molar-refractivity contribution in [3.05, 3.63) is 59.9 Å². The Bertz CT molecular complexity index is 1270. The SMILES string of the molecule is CC(C)(C)c1nc2cc(S(=O)(=O)N3CCCC(c4ccccc4)C3)ccc2n1CC1CCOCC1. The van der Waals surface area contributed by atoms with Gasteiger partial charge >= 0.3 is 0 Å². The van der Waals surface area contributed by atoms with Crippen LogP contribution in [0.15, 0.2) is 53.4 Å². The highest BCUT2D eigenvalue weighted by molar-refractivity contribution is 7.89. The summed E-state index contributed by atoms with van der Waals surface area (Å²) >= 11 is 0. The molecule has 35 heavy (non-hydrogen) atoms. The average molecular weight is 496 g/mol. The molecule has 2 aliphatic rings. The second-order valence-corrected chi connectivity index (χ2v) is 13.1. The van der Waals surface area contributed by atoms with Crippen LogP contribution in [-0.2, 0) is 26.7 Å². The molecule has 6 nitrogen and oxygen atoms in total. The molecule has 2 aliphatic heterocycles. The number of sulfonamides is 1. The van der Waals surface area contributed by atoms with Crippen molar-refractivity contribution in [3.63, 3.8) is 0 Å². The zero-order valence-electron chi connectivity index (χ0n) is 21.1. The molecule has 0 saturated carbocycles. The van der Waals surface area contributed by atoms with Crippen LogP contribution in [-0.4, -0.2) is 48.6 Å². The highest BCUT2D eigenvalue weighted by Gasteiger charge is 2.32. The van der Waals surface area contributed by atoms with E-state index in [9.17, 15) is 8.42 Å². The topological polar surface area (TPSA) is 64.4 Å². The number of hydrogen-bond acceptors (Lipinski definition) is 4. The number of piperidine rings is 1. The molecule has 1 unspecified atom stereocenters. The Morgan fingerprint density at radius 2 is 1.77 bits per heavy atom. The number of aromatic nitrogens is 2. The van der Waals surface area contributed by atoms with Crippen LogP contribution in [0.25, 0.3) is 11.0 Å². The number of hydrogen-bond donors (Lipinski definition) is 0. The Kier molecular flexibility index (Phi) is 6.77. The van der Waals surface area contributed by atoms with E-state index < -0.39 is 10.0 Å². The Hall–Kier alpha value is -2.22. The van der Waals surface area contributed by atoms with Gasteiger partial charge in [0.25, 0.3) is 0 Å². The van der Waals surface area contributed by atoms with Crippen molar-refractivity contribution >= 4 is 21.1 Å². The van der Waals surface area contributed by atoms with Crippen LogP contribution >= 0.6 is 0 Å². The summed E-state index contributed by atoms with van der Waals surface area (Å²) in [5.41, 5.74) is 2.85. The first kappa shape index (κ1) is 24.5. The monoisotopic (exact) mass is 495 g/mol. The summed E-state index contributed by atoms with van der Waals surface area (Å²) in [4.78, 5) is 5.32. The molecule has 5 rings (SSSR count). The van der Waals surface area contributed by atoms with Crippen molar-refractivity contribution in [2.75, 3.05) is 26.3 Å². The Morgan fingerprint density at radius 1 is 1.03 bits per heavy atom. The number of fused-ring (bicyclic) bond motifs is 1. The van der Waals surface area contributed by atoms with Crippen LogP contribution in [0.3, 0.4) is 0 Å². The van der Waals surface area contributed by atoms with Crippen LogP contribution in [0, 0.1) is 5.92 Å². The fraction of sp³-hybridized carbons (Fsp3) is 0.536. The minimum Gasteiger partial charge on any atom is -0.381 e. The van der Waals surface area contributed by atoms with E-state index in [0.29, 0.717) is 23.9 Å². The Morgan fingerprint density at radius 3 is 2.49 bits per heavy atom. The van der Waals surface area contributed by atoms with E-state index in [4.69, 9.17) is 9.72 Å². The fourth-order valence-corrected chi connectivity index (χ4v) is 7.07. The molecule has 0 bridgehead atoms. The minimum absolute atomic E-state index is 0.140. The van der Waals surface area contributed by atoms with Crippen LogP contribution < -0.4 is 0 Å². The first-order valence-corrected chi connectivity index (χ1v) is 14.3. The van der Waals surface area contributed by atoms with Gasteiger partial charge in [0.1, 0.15) is 5.82 Å². The summed E-state index contributed by atoms with van der Waals surface area (Å²) in [5, 5.41) is 0. The zero-order valence-corrected chi connectivity index (χ0v) is 21.9. The molecule has 1 aromatic heterocycles. The molecule has 0 aliphatic carbocycles. The third-order valence-electron chi connectivity index (χ3n) is 7.47. The second-order valence-electron chi connectivity index (χ2n) is 11.1. The summed E-state index contributed by atoms with van der Waals surface area (Å²) < 4.78 is 36.9. The second kappa shape index (κ2) is 9.68. The first-order chi connectivity index (χ1) is 16.7. The van der Waals surface area contributed by atoms with Gasteiger partial charge in [-0.15, -0.1) is 0 Å². The molecule has 7 heteroatoms. The first-order valence-electron chi connectivity index (χ1n) is 12.9. The smallest absolute Gasteiger partial charge is 0.243 e. The summed E-state index contributed by atoms with van der Waals surface area (Å²) in [6.07, 6.45) is 3.98. The number of benzene rings is 2. The lowest BCUT2D eigenvalue weighted by Crippen LogP contribution is -2.39. The number of imidazole rings is 1. The standard InChI is InChI=1S/C28H37N3O3S/c1-28(2,3)27-29-25-18-24(11-12-26(25)31(27)19-21-13-16-34-17-14-21)35(32,33)30-15-7-10-23(20-30)22-8-5-4-6-9-22/h4-6,8-9,11-12,18,21,23H,7,10,13-17,19-20H2,1-3H3. The van der Waals surface area contributed by atoms with Crippen molar-refractivity contribution in [1.29, 1.82) is 0 Å². The van der Waals surface area contributed by atoms with Crippen LogP contribution in [0.4, 0.5) is 0 Å². The quantitative estimate of drug-likeness (QED) is 0.480. The van der Waals surface area contributed by atoms with E-state index in [2.05, 4.69) is 37.5 Å². The molecule has 2 aromatic carbocycles. The van der Waals surface area contributed by atoms with Crippen molar-refractivity contribution in [1.82, 2.24) is 13.9 Å². The maximum atomic E-state index is 13.7. The number of ether oxygens (including phenoxy) is 1. The molecule has 188 valence electrons. The van der Waals surface area contributed by atoms with Gasteiger partial charge in [0, 0.05) is 38.3 Å². The number of nitrogens with zero attached hydrogens (tertiary/aromatic N) is 3. The van der Waals surface area contributed by atoms with Gasteiger partial charge in [-0.2, -0.15) is 4.31 Å². The van der Waals surface area contributed by atoms with Gasteiger partial charge in [0.05, 0.1) is 15.9 Å². The molecule has 3 aromatic rings. The van der Waals surface area contributed by atoms with E-state index in [1.54, 1.807) is 16.4 Å². The average Bonchev–Trinajstić information content (AvgIpc) is 3.23. The number of rotatable bonds is 5. The molecular weight excluding hydrogens is 458 g/mol. The van der Waals surface area contributed by atoms with E-state index in [-0.39, 0.29) is 11.3 Å². The Labute approximate surface area is 209 Å². The maximum Gasteiger partial charge on any atom is 0.243 e. The van der Waals surface area contributed by atoms with Gasteiger partial charge < -0.3 is 9.30 Å². The van der Waals surface area contributed by atoms with Crippen molar-refractivity contribution in [2.45, 2.75) is 69.2 Å². The minimum atomic E-state index is -3.59. The predicted molar refractivity (Wildman–Crippen MR) is 139 cm³/mol. The normalized spacial score (nSPS) is 20.9. The summed E-state index contributed by atoms with van der Waals surface area (Å²) in [6, 6.07) is 15.8. The van der Waals surface area contributed by atoms with E-state index in [1.165, 1.54) is 5.56 Å². The van der Waals surface area contributed by atoms with Crippen molar-refractivity contribution in [2.24, 2.45) is 5.92 Å². The molecule has 3 heterocycles. The summed E-state index contributed by atoms with van der Waals surface area (Å²) in [5.74, 6) is 1.79. The predicted octanol–water partition coefficient (Wildman–Crippen LogP) is 5.33. The van der Waals surface area contributed by atoms with Crippen LogP contribution in [0.5, 0.6) is 0 Å². The van der Waals surface area contributed by atoms with Gasteiger partial charge in [-0.3, -0.25) is 0 Å². The lowest BCUT2D eigenvalue weighted by atomic mass is 9.92. The van der Waals surface area contributed by atoms with Gasteiger partial charge in [0.15, 0.2) is 0 Å². The molecule has 0 spiro atoms. The largest absolute Gasteiger partial charge is 0.381 e. The molecule has 1 atom stereocenters. The zero-order chi connectivity index (χ0) is 24.6. The van der Waals surface area contributed by atoms with Gasteiger partial charge in [0.2, 0.25) is 10.0 Å². The van der Waals surface area contributed by atoms with E-state index in [0.717, 1.165) is 62.3 Å². The Balaban J connectivity index is 1.46. The molecule has 2 saturated heterocycles. The highest BCUT2D eigenvalue weighted by Crippen LogP contribution is 2.33. The maximum absolute atomic E-state index is 13.7. The van der Waals surface area contributed by atoms with E-state index in [1.807, 2.05) is 24.3 Å². The lowest BCUT2D eigenvalue weighted by Gasteiger charge is -2.32. The van der Waals surface area contributed by atoms with E-state index >= 15 is 0 Å². The fourth-order valence-electron chi connectivity index (χ4n) is 5.52.